The minimum Gasteiger partial charge on any atom is -0.461 e. The fourth-order valence-electron chi connectivity index (χ4n) is 2.60. The summed E-state index contributed by atoms with van der Waals surface area (Å²) < 4.78 is 20.2. The average molecular weight is 349 g/mol. The first kappa shape index (κ1) is 14.3. The average Bonchev–Trinajstić information content (AvgIpc) is 2.77. The summed E-state index contributed by atoms with van der Waals surface area (Å²) in [5, 5.41) is 11.4. The van der Waals surface area contributed by atoms with Gasteiger partial charge in [0, 0.05) is 21.8 Å². The van der Waals surface area contributed by atoms with Gasteiger partial charge >= 0.3 is 0 Å². The fraction of sp³-hybridized carbons (Fsp3) is 0.176. The van der Waals surface area contributed by atoms with Gasteiger partial charge in [0.2, 0.25) is 0 Å². The van der Waals surface area contributed by atoms with Gasteiger partial charge in [0.25, 0.3) is 0 Å². The van der Waals surface area contributed by atoms with Crippen molar-refractivity contribution in [1.82, 2.24) is 0 Å². The molecule has 0 saturated carbocycles. The van der Waals surface area contributed by atoms with E-state index in [-0.39, 0.29) is 12.2 Å². The van der Waals surface area contributed by atoms with Crippen molar-refractivity contribution in [3.63, 3.8) is 0 Å². The lowest BCUT2D eigenvalue weighted by Gasteiger charge is -2.11. The third kappa shape index (κ3) is 2.74. The van der Waals surface area contributed by atoms with Crippen molar-refractivity contribution in [2.45, 2.75) is 19.4 Å². The molecule has 3 rings (SSSR count). The van der Waals surface area contributed by atoms with Crippen molar-refractivity contribution in [3.8, 4) is 0 Å². The molecule has 21 heavy (non-hydrogen) atoms. The number of fused-ring (bicyclic) bond motifs is 1. The van der Waals surface area contributed by atoms with Crippen LogP contribution in [0.5, 0.6) is 0 Å². The number of halogens is 2. The normalized spacial score (nSPS) is 12.8. The molecule has 1 heterocycles. The molecule has 1 N–H and O–H groups in total. The van der Waals surface area contributed by atoms with Crippen LogP contribution in [0.15, 0.2) is 51.4 Å². The number of rotatable bonds is 3. The molecule has 1 unspecified atom stereocenters. The van der Waals surface area contributed by atoms with Crippen LogP contribution in [0.25, 0.3) is 11.0 Å². The highest BCUT2D eigenvalue weighted by molar-refractivity contribution is 9.10. The Labute approximate surface area is 130 Å². The van der Waals surface area contributed by atoms with Crippen LogP contribution in [0.2, 0.25) is 0 Å². The smallest absolute Gasteiger partial charge is 0.134 e. The number of aliphatic hydroxyl groups is 1. The van der Waals surface area contributed by atoms with E-state index in [1.165, 1.54) is 6.07 Å². The molecular weight excluding hydrogens is 335 g/mol. The summed E-state index contributed by atoms with van der Waals surface area (Å²) in [6.07, 6.45) is -0.590. The van der Waals surface area contributed by atoms with Gasteiger partial charge in [0.05, 0.1) is 6.10 Å². The second kappa shape index (κ2) is 5.62. The highest BCUT2D eigenvalue weighted by Crippen LogP contribution is 2.32. The maximum atomic E-state index is 13.9. The molecule has 0 saturated heterocycles. The van der Waals surface area contributed by atoms with Crippen molar-refractivity contribution in [3.05, 3.63) is 69.6 Å². The maximum absolute atomic E-state index is 13.9. The Morgan fingerprint density at radius 1 is 1.24 bits per heavy atom. The summed E-state index contributed by atoms with van der Waals surface area (Å²) in [4.78, 5) is 0. The molecule has 108 valence electrons. The zero-order valence-electron chi connectivity index (χ0n) is 11.4. The molecule has 0 aliphatic rings. The summed E-state index contributed by atoms with van der Waals surface area (Å²) >= 11 is 3.23. The minimum atomic E-state index is -0.802. The van der Waals surface area contributed by atoms with Crippen LogP contribution in [0.1, 0.15) is 23.0 Å². The van der Waals surface area contributed by atoms with Crippen molar-refractivity contribution in [1.29, 1.82) is 0 Å². The van der Waals surface area contributed by atoms with E-state index < -0.39 is 6.10 Å². The first-order chi connectivity index (χ1) is 10.1. The molecule has 0 spiro atoms. The second-order valence-electron chi connectivity index (χ2n) is 5.02. The topological polar surface area (TPSA) is 33.4 Å². The van der Waals surface area contributed by atoms with Gasteiger partial charge in [-0.3, -0.25) is 0 Å². The lowest BCUT2D eigenvalue weighted by atomic mass is 9.98. The van der Waals surface area contributed by atoms with Gasteiger partial charge in [-0.15, -0.1) is 0 Å². The Bertz CT molecular complexity index is 795. The van der Waals surface area contributed by atoms with Gasteiger partial charge in [-0.2, -0.15) is 0 Å². The Kier molecular flexibility index (Phi) is 3.83. The summed E-state index contributed by atoms with van der Waals surface area (Å²) in [6.45, 7) is 1.82. The van der Waals surface area contributed by atoms with Gasteiger partial charge in [-0.1, -0.05) is 40.2 Å². The monoisotopic (exact) mass is 348 g/mol. The molecule has 2 nitrogen and oxygen atoms in total. The van der Waals surface area contributed by atoms with E-state index >= 15 is 0 Å². The van der Waals surface area contributed by atoms with Crippen molar-refractivity contribution in [2.75, 3.05) is 0 Å². The molecular formula is C17H14BrFO2. The van der Waals surface area contributed by atoms with E-state index in [0.29, 0.717) is 15.8 Å². The third-order valence-corrected chi connectivity index (χ3v) is 4.07. The molecule has 1 atom stereocenters. The van der Waals surface area contributed by atoms with Crippen LogP contribution in [-0.2, 0) is 6.42 Å². The zero-order valence-corrected chi connectivity index (χ0v) is 13.0. The van der Waals surface area contributed by atoms with Crippen LogP contribution >= 0.6 is 15.9 Å². The van der Waals surface area contributed by atoms with Crippen LogP contribution < -0.4 is 0 Å². The molecule has 0 fully saturated rings. The van der Waals surface area contributed by atoms with E-state index in [2.05, 4.69) is 15.9 Å². The van der Waals surface area contributed by atoms with Gasteiger partial charge in [0.15, 0.2) is 0 Å². The number of para-hydroxylation sites is 1. The van der Waals surface area contributed by atoms with Gasteiger partial charge < -0.3 is 9.52 Å². The Morgan fingerprint density at radius 3 is 2.76 bits per heavy atom. The third-order valence-electron chi connectivity index (χ3n) is 3.58. The van der Waals surface area contributed by atoms with Crippen molar-refractivity contribution >= 4 is 26.9 Å². The number of furan rings is 1. The van der Waals surface area contributed by atoms with Gasteiger partial charge in [-0.25, -0.2) is 4.39 Å². The van der Waals surface area contributed by atoms with E-state index in [1.807, 2.05) is 31.2 Å². The predicted molar refractivity (Wildman–Crippen MR) is 83.7 cm³/mol. The standard InChI is InChI=1S/C17H14BrFO2/c1-10-17(13-4-2-3-5-16(13)21-10)15(20)8-11-6-7-12(18)9-14(11)19/h2-7,9,15,20H,8H2,1H3. The highest BCUT2D eigenvalue weighted by atomic mass is 79.9. The molecule has 0 bridgehead atoms. The zero-order chi connectivity index (χ0) is 15.0. The number of hydrogen-bond donors (Lipinski definition) is 1. The van der Waals surface area contributed by atoms with E-state index in [4.69, 9.17) is 4.42 Å². The van der Waals surface area contributed by atoms with Gasteiger partial charge in [0.1, 0.15) is 17.2 Å². The summed E-state index contributed by atoms with van der Waals surface area (Å²) in [5.74, 6) is 0.343. The highest BCUT2D eigenvalue weighted by Gasteiger charge is 2.20. The lowest BCUT2D eigenvalue weighted by Crippen LogP contribution is -2.04. The molecule has 0 amide bonds. The minimum absolute atomic E-state index is 0.212. The SMILES string of the molecule is Cc1oc2ccccc2c1C(O)Cc1ccc(Br)cc1F. The van der Waals surface area contributed by atoms with E-state index in [0.717, 1.165) is 16.5 Å². The number of aliphatic hydroxyl groups excluding tert-OH is 1. The number of aryl methyl sites for hydroxylation is 1. The maximum Gasteiger partial charge on any atom is 0.134 e. The predicted octanol–water partition coefficient (Wildman–Crippen LogP) is 4.92. The first-order valence-electron chi connectivity index (χ1n) is 6.66. The molecule has 1 aromatic heterocycles. The summed E-state index contributed by atoms with van der Waals surface area (Å²) in [5.41, 5.74) is 1.95. The summed E-state index contributed by atoms with van der Waals surface area (Å²) in [7, 11) is 0. The molecule has 0 aliphatic carbocycles. The molecule has 3 aromatic rings. The van der Waals surface area contributed by atoms with Crippen LogP contribution in [0.3, 0.4) is 0 Å². The summed E-state index contributed by atoms with van der Waals surface area (Å²) in [6, 6.07) is 12.4. The van der Waals surface area contributed by atoms with Crippen LogP contribution in [0, 0.1) is 12.7 Å². The van der Waals surface area contributed by atoms with Crippen LogP contribution in [0.4, 0.5) is 4.39 Å². The largest absolute Gasteiger partial charge is 0.461 e. The quantitative estimate of drug-likeness (QED) is 0.728. The lowest BCUT2D eigenvalue weighted by molar-refractivity contribution is 0.176. The Morgan fingerprint density at radius 2 is 2.00 bits per heavy atom. The van der Waals surface area contributed by atoms with Crippen molar-refractivity contribution < 1.29 is 13.9 Å². The molecule has 2 aromatic carbocycles. The number of hydrogen-bond acceptors (Lipinski definition) is 2. The Hall–Kier alpha value is -1.65. The molecule has 0 aliphatic heterocycles. The van der Waals surface area contributed by atoms with Crippen LogP contribution in [-0.4, -0.2) is 5.11 Å². The van der Waals surface area contributed by atoms with E-state index in [9.17, 15) is 9.50 Å². The second-order valence-corrected chi connectivity index (χ2v) is 5.94. The molecule has 4 heteroatoms. The fourth-order valence-corrected chi connectivity index (χ4v) is 2.93. The Balaban J connectivity index is 1.97. The number of benzene rings is 2. The van der Waals surface area contributed by atoms with Crippen molar-refractivity contribution in [2.24, 2.45) is 0 Å². The van der Waals surface area contributed by atoms with E-state index in [1.54, 1.807) is 12.1 Å². The van der Waals surface area contributed by atoms with Gasteiger partial charge in [-0.05, 0) is 30.7 Å². The first-order valence-corrected chi connectivity index (χ1v) is 7.45. The molecule has 0 radical (unpaired) electrons.